The van der Waals surface area contributed by atoms with E-state index in [0.29, 0.717) is 5.92 Å². The second-order valence-corrected chi connectivity index (χ2v) is 6.61. The number of alkyl halides is 1. The molecule has 0 bridgehead atoms. The first-order valence-corrected chi connectivity index (χ1v) is 7.78. The zero-order valence-corrected chi connectivity index (χ0v) is 12.0. The number of anilines is 1. The Morgan fingerprint density at radius 1 is 1.39 bits per heavy atom. The van der Waals surface area contributed by atoms with Gasteiger partial charge in [-0.15, -0.1) is 22.9 Å². The van der Waals surface area contributed by atoms with Crippen molar-refractivity contribution in [1.29, 1.82) is 0 Å². The normalized spacial score (nSPS) is 19.3. The zero-order valence-electron chi connectivity index (χ0n) is 10.5. The molecule has 0 N–H and O–H groups in total. The second-order valence-electron chi connectivity index (χ2n) is 4.97. The molecule has 2 nitrogen and oxygen atoms in total. The highest BCUT2D eigenvalue weighted by Gasteiger charge is 2.24. The maximum absolute atomic E-state index is 6.20. The summed E-state index contributed by atoms with van der Waals surface area (Å²) in [6, 6.07) is 4.27. The molecule has 1 saturated heterocycles. The van der Waals surface area contributed by atoms with Crippen LogP contribution in [0.1, 0.15) is 19.8 Å². The highest BCUT2D eigenvalue weighted by Crippen LogP contribution is 2.32. The van der Waals surface area contributed by atoms with E-state index >= 15 is 0 Å². The van der Waals surface area contributed by atoms with Crippen molar-refractivity contribution in [2.45, 2.75) is 25.1 Å². The summed E-state index contributed by atoms with van der Waals surface area (Å²) in [4.78, 5) is 6.98. The molecule has 3 rings (SSSR count). The van der Waals surface area contributed by atoms with E-state index in [1.54, 1.807) is 11.3 Å². The second kappa shape index (κ2) is 5.06. The lowest BCUT2D eigenvalue weighted by molar-refractivity contribution is 0.399. The lowest BCUT2D eigenvalue weighted by Gasteiger charge is -2.34. The van der Waals surface area contributed by atoms with Crippen LogP contribution in [0, 0.1) is 5.92 Å². The number of aromatic nitrogens is 1. The number of halogens is 1. The molecule has 0 spiro atoms. The van der Waals surface area contributed by atoms with Crippen molar-refractivity contribution in [3.05, 3.63) is 23.7 Å². The fourth-order valence-corrected chi connectivity index (χ4v) is 3.73. The molecule has 4 heteroatoms. The third-order valence-electron chi connectivity index (χ3n) is 3.85. The van der Waals surface area contributed by atoms with Gasteiger partial charge < -0.3 is 4.90 Å². The SMILES string of the molecule is CC(Cl)C1CCN(c2nccc3sccc23)CC1. The van der Waals surface area contributed by atoms with Crippen LogP contribution in [0.25, 0.3) is 10.1 Å². The first kappa shape index (κ1) is 12.2. The van der Waals surface area contributed by atoms with Gasteiger partial charge in [-0.2, -0.15) is 0 Å². The van der Waals surface area contributed by atoms with Gasteiger partial charge in [0.2, 0.25) is 0 Å². The monoisotopic (exact) mass is 280 g/mol. The third kappa shape index (κ3) is 2.21. The smallest absolute Gasteiger partial charge is 0.137 e. The predicted molar refractivity (Wildman–Crippen MR) is 79.9 cm³/mol. The van der Waals surface area contributed by atoms with Crippen molar-refractivity contribution in [2.75, 3.05) is 18.0 Å². The molecule has 3 heterocycles. The van der Waals surface area contributed by atoms with Gasteiger partial charge in [-0.25, -0.2) is 4.98 Å². The number of rotatable bonds is 2. The molecule has 2 aromatic heterocycles. The topological polar surface area (TPSA) is 16.1 Å². The van der Waals surface area contributed by atoms with E-state index in [1.165, 1.54) is 22.9 Å². The summed E-state index contributed by atoms with van der Waals surface area (Å²) in [6.45, 7) is 4.26. The summed E-state index contributed by atoms with van der Waals surface area (Å²) >= 11 is 7.98. The summed E-state index contributed by atoms with van der Waals surface area (Å²) in [7, 11) is 0. The van der Waals surface area contributed by atoms with Crippen molar-refractivity contribution in [3.8, 4) is 0 Å². The molecule has 18 heavy (non-hydrogen) atoms. The number of nitrogens with zero attached hydrogens (tertiary/aromatic N) is 2. The van der Waals surface area contributed by atoms with Crippen molar-refractivity contribution in [1.82, 2.24) is 4.98 Å². The van der Waals surface area contributed by atoms with E-state index in [4.69, 9.17) is 11.6 Å². The van der Waals surface area contributed by atoms with Crippen molar-refractivity contribution in [3.63, 3.8) is 0 Å². The van der Waals surface area contributed by atoms with Crippen LogP contribution >= 0.6 is 22.9 Å². The molecule has 0 aliphatic carbocycles. The van der Waals surface area contributed by atoms with Crippen LogP contribution in [-0.4, -0.2) is 23.5 Å². The molecule has 2 aromatic rings. The summed E-state index contributed by atoms with van der Waals surface area (Å²) in [5.74, 6) is 1.80. The van der Waals surface area contributed by atoms with Crippen LogP contribution < -0.4 is 4.90 Å². The minimum Gasteiger partial charge on any atom is -0.356 e. The van der Waals surface area contributed by atoms with E-state index in [-0.39, 0.29) is 5.38 Å². The molecular weight excluding hydrogens is 264 g/mol. The van der Waals surface area contributed by atoms with Crippen LogP contribution in [0.2, 0.25) is 0 Å². The van der Waals surface area contributed by atoms with Gasteiger partial charge in [-0.1, -0.05) is 0 Å². The lowest BCUT2D eigenvalue weighted by atomic mass is 9.94. The maximum Gasteiger partial charge on any atom is 0.137 e. The van der Waals surface area contributed by atoms with Gasteiger partial charge in [0, 0.05) is 34.7 Å². The predicted octanol–water partition coefficient (Wildman–Crippen LogP) is 4.14. The van der Waals surface area contributed by atoms with E-state index < -0.39 is 0 Å². The van der Waals surface area contributed by atoms with E-state index in [9.17, 15) is 0 Å². The molecular formula is C14H17ClN2S. The van der Waals surface area contributed by atoms with Gasteiger partial charge in [-0.05, 0) is 43.2 Å². The Kier molecular flexibility index (Phi) is 3.44. The van der Waals surface area contributed by atoms with Crippen LogP contribution in [0.15, 0.2) is 23.7 Å². The Morgan fingerprint density at radius 3 is 2.89 bits per heavy atom. The standard InChI is InChI=1S/C14H17ClN2S/c1-10(15)11-3-7-17(8-4-11)14-12-5-9-18-13(12)2-6-16-14/h2,5-6,9-11H,3-4,7-8H2,1H3. The number of thiophene rings is 1. The van der Waals surface area contributed by atoms with E-state index in [2.05, 4.69) is 34.3 Å². The van der Waals surface area contributed by atoms with Gasteiger partial charge in [0.05, 0.1) is 0 Å². The minimum atomic E-state index is 0.289. The van der Waals surface area contributed by atoms with Crippen molar-refractivity contribution in [2.24, 2.45) is 5.92 Å². The minimum absolute atomic E-state index is 0.289. The Hall–Kier alpha value is -0.800. The molecule has 1 fully saturated rings. The Morgan fingerprint density at radius 2 is 2.17 bits per heavy atom. The van der Waals surface area contributed by atoms with Crippen LogP contribution in [0.3, 0.4) is 0 Å². The number of hydrogen-bond acceptors (Lipinski definition) is 3. The molecule has 0 saturated carbocycles. The summed E-state index contributed by atoms with van der Waals surface area (Å²) < 4.78 is 1.33. The molecule has 0 aromatic carbocycles. The summed E-state index contributed by atoms with van der Waals surface area (Å²) in [6.07, 6.45) is 4.27. The maximum atomic E-state index is 6.20. The van der Waals surface area contributed by atoms with E-state index in [1.807, 2.05) is 6.20 Å². The fraction of sp³-hybridized carbons (Fsp3) is 0.500. The fourth-order valence-electron chi connectivity index (χ4n) is 2.70. The number of pyridine rings is 1. The highest BCUT2D eigenvalue weighted by molar-refractivity contribution is 7.17. The van der Waals surface area contributed by atoms with Gasteiger partial charge in [0.1, 0.15) is 5.82 Å². The Balaban J connectivity index is 1.82. The molecule has 1 unspecified atom stereocenters. The number of hydrogen-bond donors (Lipinski definition) is 0. The third-order valence-corrected chi connectivity index (χ3v) is 5.09. The van der Waals surface area contributed by atoms with Gasteiger partial charge >= 0.3 is 0 Å². The lowest BCUT2D eigenvalue weighted by Crippen LogP contribution is -2.36. The average molecular weight is 281 g/mol. The molecule has 0 amide bonds. The number of fused-ring (bicyclic) bond motifs is 1. The van der Waals surface area contributed by atoms with Gasteiger partial charge in [-0.3, -0.25) is 0 Å². The number of piperidine rings is 1. The molecule has 96 valence electrons. The van der Waals surface area contributed by atoms with Gasteiger partial charge in [0.25, 0.3) is 0 Å². The molecule has 1 aliphatic heterocycles. The van der Waals surface area contributed by atoms with Crippen LogP contribution in [0.4, 0.5) is 5.82 Å². The Bertz CT molecular complexity index is 529. The zero-order chi connectivity index (χ0) is 12.5. The molecule has 1 atom stereocenters. The molecule has 0 radical (unpaired) electrons. The van der Waals surface area contributed by atoms with Crippen LogP contribution in [-0.2, 0) is 0 Å². The summed E-state index contributed by atoms with van der Waals surface area (Å²) in [5, 5.41) is 3.72. The van der Waals surface area contributed by atoms with Crippen LogP contribution in [0.5, 0.6) is 0 Å². The quantitative estimate of drug-likeness (QED) is 0.769. The molecule has 1 aliphatic rings. The first-order valence-electron chi connectivity index (χ1n) is 6.47. The largest absolute Gasteiger partial charge is 0.356 e. The Labute approximate surface area is 117 Å². The van der Waals surface area contributed by atoms with Crippen molar-refractivity contribution < 1.29 is 0 Å². The summed E-state index contributed by atoms with van der Waals surface area (Å²) in [5.41, 5.74) is 0. The van der Waals surface area contributed by atoms with E-state index in [0.717, 1.165) is 18.9 Å². The van der Waals surface area contributed by atoms with Gasteiger partial charge in [0.15, 0.2) is 0 Å². The highest BCUT2D eigenvalue weighted by atomic mass is 35.5. The van der Waals surface area contributed by atoms with Crippen molar-refractivity contribution >= 4 is 38.8 Å². The first-order chi connectivity index (χ1) is 8.75. The average Bonchev–Trinajstić information content (AvgIpc) is 2.87.